The van der Waals surface area contributed by atoms with Gasteiger partial charge < -0.3 is 9.47 Å². The van der Waals surface area contributed by atoms with Gasteiger partial charge >= 0.3 is 0 Å². The van der Waals surface area contributed by atoms with Gasteiger partial charge in [0.15, 0.2) is 0 Å². The fraction of sp³-hybridized carbons (Fsp3) is 0. The standard InChI is InChI=1S/C52H36N2/c1-4-12-37(13-5-1)40-20-27-44(28-21-40)53(45-29-22-41(23-30-45)38-14-6-2-7-15-38)47-33-35-50-49(36-47)52-48-19-11-10-18-43(48)26-34-51(52)54(50)46-31-24-42(25-32-46)39-16-8-3-9-17-39/h1-36H. The summed E-state index contributed by atoms with van der Waals surface area (Å²) < 4.78 is 2.42. The highest BCUT2D eigenvalue weighted by molar-refractivity contribution is 6.22. The Kier molecular flexibility index (Phi) is 7.85. The molecular weight excluding hydrogens is 653 g/mol. The zero-order chi connectivity index (χ0) is 35.8. The maximum atomic E-state index is 2.42. The third kappa shape index (κ3) is 5.62. The third-order valence-corrected chi connectivity index (χ3v) is 10.6. The van der Waals surface area contributed by atoms with Gasteiger partial charge in [-0.3, -0.25) is 0 Å². The highest BCUT2D eigenvalue weighted by Gasteiger charge is 2.19. The summed E-state index contributed by atoms with van der Waals surface area (Å²) in [7, 11) is 0. The van der Waals surface area contributed by atoms with Crippen molar-refractivity contribution in [2.45, 2.75) is 0 Å². The summed E-state index contributed by atoms with van der Waals surface area (Å²) >= 11 is 0. The van der Waals surface area contributed by atoms with Crippen molar-refractivity contribution in [1.29, 1.82) is 0 Å². The van der Waals surface area contributed by atoms with E-state index in [2.05, 4.69) is 228 Å². The Labute approximate surface area is 315 Å². The summed E-state index contributed by atoms with van der Waals surface area (Å²) in [5.41, 5.74) is 14.1. The third-order valence-electron chi connectivity index (χ3n) is 10.6. The Hall–Kier alpha value is -7.16. The van der Waals surface area contributed by atoms with Gasteiger partial charge in [0.05, 0.1) is 11.0 Å². The Morgan fingerprint density at radius 3 is 1.26 bits per heavy atom. The van der Waals surface area contributed by atoms with Gasteiger partial charge in [-0.2, -0.15) is 0 Å². The lowest BCUT2D eigenvalue weighted by molar-refractivity contribution is 1.18. The van der Waals surface area contributed by atoms with E-state index in [4.69, 9.17) is 0 Å². The van der Waals surface area contributed by atoms with Crippen LogP contribution in [0.25, 0.3) is 71.6 Å². The monoisotopic (exact) mass is 688 g/mol. The van der Waals surface area contributed by atoms with E-state index in [1.165, 1.54) is 66.0 Å². The van der Waals surface area contributed by atoms with Crippen molar-refractivity contribution < 1.29 is 0 Å². The van der Waals surface area contributed by atoms with Crippen molar-refractivity contribution in [3.8, 4) is 39.1 Å². The Morgan fingerprint density at radius 1 is 0.296 bits per heavy atom. The maximum absolute atomic E-state index is 2.42. The van der Waals surface area contributed by atoms with Gasteiger partial charge in [0.2, 0.25) is 0 Å². The van der Waals surface area contributed by atoms with Crippen molar-refractivity contribution in [3.05, 3.63) is 218 Å². The SMILES string of the molecule is c1ccc(-c2ccc(N(c3ccc(-c4ccccc4)cc3)c3ccc4c(c3)c3c5ccccc5ccc3n4-c3ccc(-c4ccccc4)cc3)cc2)cc1. The summed E-state index contributed by atoms with van der Waals surface area (Å²) in [5.74, 6) is 0. The molecule has 254 valence electrons. The molecule has 1 heterocycles. The van der Waals surface area contributed by atoms with E-state index in [1.807, 2.05) is 0 Å². The average Bonchev–Trinajstić information content (AvgIpc) is 3.59. The van der Waals surface area contributed by atoms with Gasteiger partial charge in [-0.1, -0.05) is 158 Å². The predicted molar refractivity (Wildman–Crippen MR) is 229 cm³/mol. The minimum atomic E-state index is 1.10. The molecule has 0 aliphatic heterocycles. The number of fused-ring (bicyclic) bond motifs is 5. The molecule has 0 saturated heterocycles. The van der Waals surface area contributed by atoms with Crippen molar-refractivity contribution in [2.24, 2.45) is 0 Å². The summed E-state index contributed by atoms with van der Waals surface area (Å²) in [4.78, 5) is 2.38. The lowest BCUT2D eigenvalue weighted by Gasteiger charge is -2.26. The maximum Gasteiger partial charge on any atom is 0.0547 e. The van der Waals surface area contributed by atoms with Gasteiger partial charge in [-0.15, -0.1) is 0 Å². The number of rotatable bonds is 7. The predicted octanol–water partition coefficient (Wildman–Crippen LogP) is 14.4. The molecule has 0 N–H and O–H groups in total. The molecular formula is C52H36N2. The smallest absolute Gasteiger partial charge is 0.0547 e. The minimum absolute atomic E-state index is 1.10. The first-order valence-corrected chi connectivity index (χ1v) is 18.5. The zero-order valence-electron chi connectivity index (χ0n) is 29.7. The first-order valence-electron chi connectivity index (χ1n) is 18.5. The van der Waals surface area contributed by atoms with Gasteiger partial charge in [0.1, 0.15) is 0 Å². The van der Waals surface area contributed by atoms with Crippen LogP contribution in [0, 0.1) is 0 Å². The van der Waals surface area contributed by atoms with Crippen LogP contribution in [-0.2, 0) is 0 Å². The van der Waals surface area contributed by atoms with Crippen molar-refractivity contribution in [2.75, 3.05) is 4.90 Å². The number of hydrogen-bond donors (Lipinski definition) is 0. The highest BCUT2D eigenvalue weighted by Crippen LogP contribution is 2.42. The molecule has 54 heavy (non-hydrogen) atoms. The second-order valence-corrected chi connectivity index (χ2v) is 13.8. The van der Waals surface area contributed by atoms with Crippen LogP contribution in [0.5, 0.6) is 0 Å². The Balaban J connectivity index is 1.16. The molecule has 1 aromatic heterocycles. The molecule has 0 saturated carbocycles. The first-order chi connectivity index (χ1) is 26.8. The van der Waals surface area contributed by atoms with E-state index in [-0.39, 0.29) is 0 Å². The largest absolute Gasteiger partial charge is 0.310 e. The van der Waals surface area contributed by atoms with E-state index < -0.39 is 0 Å². The molecule has 0 spiro atoms. The van der Waals surface area contributed by atoms with Gasteiger partial charge in [-0.25, -0.2) is 0 Å². The van der Waals surface area contributed by atoms with E-state index in [1.54, 1.807) is 0 Å². The number of benzene rings is 9. The number of aromatic nitrogens is 1. The van der Waals surface area contributed by atoms with Crippen LogP contribution in [0.3, 0.4) is 0 Å². The van der Waals surface area contributed by atoms with Crippen LogP contribution >= 0.6 is 0 Å². The molecule has 0 amide bonds. The van der Waals surface area contributed by atoms with Crippen LogP contribution in [0.2, 0.25) is 0 Å². The molecule has 2 nitrogen and oxygen atoms in total. The number of nitrogens with zero attached hydrogens (tertiary/aromatic N) is 2. The molecule has 2 heteroatoms. The highest BCUT2D eigenvalue weighted by atomic mass is 15.1. The Morgan fingerprint density at radius 2 is 0.722 bits per heavy atom. The first kappa shape index (κ1) is 31.6. The molecule has 0 bridgehead atoms. The minimum Gasteiger partial charge on any atom is -0.310 e. The second-order valence-electron chi connectivity index (χ2n) is 13.8. The molecule has 0 fully saturated rings. The molecule has 0 aliphatic carbocycles. The molecule has 0 atom stereocenters. The van der Waals surface area contributed by atoms with E-state index in [0.717, 1.165) is 22.7 Å². The summed E-state index contributed by atoms with van der Waals surface area (Å²) in [5, 5.41) is 4.97. The Bertz CT molecular complexity index is 2790. The molecule has 9 aromatic carbocycles. The normalized spacial score (nSPS) is 11.3. The van der Waals surface area contributed by atoms with E-state index in [0.29, 0.717) is 0 Å². The molecule has 0 aliphatic rings. The number of anilines is 3. The van der Waals surface area contributed by atoms with Crippen molar-refractivity contribution in [1.82, 2.24) is 4.57 Å². The summed E-state index contributed by atoms with van der Waals surface area (Å²) in [6, 6.07) is 78.8. The fourth-order valence-electron chi connectivity index (χ4n) is 7.94. The van der Waals surface area contributed by atoms with Crippen LogP contribution in [0.4, 0.5) is 17.1 Å². The lowest BCUT2D eigenvalue weighted by Crippen LogP contribution is -2.10. The molecule has 0 radical (unpaired) electrons. The number of hydrogen-bond acceptors (Lipinski definition) is 1. The van der Waals surface area contributed by atoms with E-state index >= 15 is 0 Å². The molecule has 10 aromatic rings. The quantitative estimate of drug-likeness (QED) is 0.162. The van der Waals surface area contributed by atoms with Gasteiger partial charge in [-0.05, 0) is 105 Å². The second kappa shape index (κ2) is 13.4. The van der Waals surface area contributed by atoms with Gasteiger partial charge in [0.25, 0.3) is 0 Å². The van der Waals surface area contributed by atoms with Crippen LogP contribution < -0.4 is 4.90 Å². The fourth-order valence-corrected chi connectivity index (χ4v) is 7.94. The van der Waals surface area contributed by atoms with E-state index in [9.17, 15) is 0 Å². The summed E-state index contributed by atoms with van der Waals surface area (Å²) in [6.45, 7) is 0. The molecule has 0 unspecified atom stereocenters. The lowest BCUT2D eigenvalue weighted by atomic mass is 10.0. The van der Waals surface area contributed by atoms with Crippen LogP contribution in [-0.4, -0.2) is 4.57 Å². The van der Waals surface area contributed by atoms with Crippen LogP contribution in [0.15, 0.2) is 218 Å². The topological polar surface area (TPSA) is 8.17 Å². The molecule has 10 rings (SSSR count). The zero-order valence-corrected chi connectivity index (χ0v) is 29.7. The van der Waals surface area contributed by atoms with Crippen molar-refractivity contribution in [3.63, 3.8) is 0 Å². The van der Waals surface area contributed by atoms with Gasteiger partial charge in [0, 0.05) is 33.5 Å². The van der Waals surface area contributed by atoms with Crippen LogP contribution in [0.1, 0.15) is 0 Å². The van der Waals surface area contributed by atoms with Crippen molar-refractivity contribution >= 4 is 49.6 Å². The summed E-state index contributed by atoms with van der Waals surface area (Å²) in [6.07, 6.45) is 0. The average molecular weight is 689 g/mol.